The fraction of sp³-hybridized carbons (Fsp3) is 0.292. The largest absolute Gasteiger partial charge is 0.458 e. The van der Waals surface area contributed by atoms with Crippen LogP contribution >= 0.6 is 11.8 Å². The number of esters is 1. The van der Waals surface area contributed by atoms with Crippen LogP contribution in [0.4, 0.5) is 5.82 Å². The number of carbonyl (C=O) groups excluding carboxylic acids is 1. The summed E-state index contributed by atoms with van der Waals surface area (Å²) in [5.74, 6) is 0.363. The average molecular weight is 438 g/mol. The number of H-pyrrole nitrogens is 1. The summed E-state index contributed by atoms with van der Waals surface area (Å²) in [5, 5.41) is 3.63. The van der Waals surface area contributed by atoms with Crippen LogP contribution in [0, 0.1) is 0 Å². The van der Waals surface area contributed by atoms with Gasteiger partial charge in [0.1, 0.15) is 12.4 Å². The van der Waals surface area contributed by atoms with Gasteiger partial charge in [-0.15, -0.1) is 6.58 Å². The van der Waals surface area contributed by atoms with Crippen molar-refractivity contribution in [3.63, 3.8) is 0 Å². The topological polar surface area (TPSA) is 84.1 Å². The van der Waals surface area contributed by atoms with Crippen molar-refractivity contribution >= 4 is 23.5 Å². The minimum atomic E-state index is -0.593. The van der Waals surface area contributed by atoms with E-state index in [2.05, 4.69) is 42.3 Å². The Hall–Kier alpha value is -3.06. The van der Waals surface area contributed by atoms with Crippen molar-refractivity contribution in [1.29, 1.82) is 0 Å². The van der Waals surface area contributed by atoms with Crippen molar-refractivity contribution in [3.05, 3.63) is 87.9 Å². The Morgan fingerprint density at radius 3 is 2.58 bits per heavy atom. The van der Waals surface area contributed by atoms with Crippen LogP contribution in [0.25, 0.3) is 0 Å². The highest BCUT2D eigenvalue weighted by molar-refractivity contribution is 7.99. The minimum Gasteiger partial charge on any atom is -0.458 e. The molecule has 31 heavy (non-hydrogen) atoms. The van der Waals surface area contributed by atoms with Crippen LogP contribution < -0.4 is 10.9 Å². The van der Waals surface area contributed by atoms with Gasteiger partial charge in [0.25, 0.3) is 5.56 Å². The second kappa shape index (κ2) is 9.83. The second-order valence-electron chi connectivity index (χ2n) is 7.54. The Morgan fingerprint density at radius 1 is 1.26 bits per heavy atom. The van der Waals surface area contributed by atoms with E-state index in [9.17, 15) is 9.59 Å². The molecule has 6 nitrogen and oxygen atoms in total. The van der Waals surface area contributed by atoms with E-state index in [0.717, 1.165) is 5.56 Å². The van der Waals surface area contributed by atoms with Crippen molar-refractivity contribution < 1.29 is 9.53 Å². The molecular formula is C24H27N3O3S. The summed E-state index contributed by atoms with van der Waals surface area (Å²) in [6, 6.07) is 7.98. The van der Waals surface area contributed by atoms with Gasteiger partial charge < -0.3 is 15.0 Å². The van der Waals surface area contributed by atoms with Crippen molar-refractivity contribution in [1.82, 2.24) is 9.97 Å². The number of nitrogens with one attached hydrogen (secondary N) is 2. The first-order valence-electron chi connectivity index (χ1n) is 10.1. The summed E-state index contributed by atoms with van der Waals surface area (Å²) >= 11 is 1.39. The predicted molar refractivity (Wildman–Crippen MR) is 126 cm³/mol. The lowest BCUT2D eigenvalue weighted by Crippen LogP contribution is -2.31. The molecular weight excluding hydrogens is 410 g/mol. The van der Waals surface area contributed by atoms with Crippen molar-refractivity contribution in [2.24, 2.45) is 0 Å². The average Bonchev–Trinajstić information content (AvgIpc) is 2.75. The third-order valence-corrected chi connectivity index (χ3v) is 5.92. The number of allylic oxidation sites excluding steroid dienone is 1. The van der Waals surface area contributed by atoms with Gasteiger partial charge in [0, 0.05) is 11.4 Å². The number of ether oxygens (including phenoxy) is 1. The fourth-order valence-corrected chi connectivity index (χ4v) is 4.12. The second-order valence-corrected chi connectivity index (χ2v) is 8.55. The molecule has 1 aromatic heterocycles. The zero-order chi connectivity index (χ0) is 22.5. The molecule has 2 aromatic rings. The van der Waals surface area contributed by atoms with Gasteiger partial charge in [-0.05, 0) is 24.0 Å². The fourth-order valence-electron chi connectivity index (χ4n) is 3.53. The maximum atomic E-state index is 13.1. The first-order valence-corrected chi connectivity index (χ1v) is 11.1. The number of aromatic nitrogens is 2. The molecule has 162 valence electrons. The lowest BCUT2D eigenvalue weighted by Gasteiger charge is -2.29. The first-order chi connectivity index (χ1) is 14.9. The molecule has 1 atom stereocenters. The van der Waals surface area contributed by atoms with Gasteiger partial charge >= 0.3 is 5.97 Å². The van der Waals surface area contributed by atoms with Gasteiger partial charge in [-0.2, -0.15) is 0 Å². The van der Waals surface area contributed by atoms with Crippen molar-refractivity contribution in [2.75, 3.05) is 17.7 Å². The molecule has 0 aliphatic carbocycles. The van der Waals surface area contributed by atoms with Crippen LogP contribution in [0.5, 0.6) is 0 Å². The number of thioether (sulfide) groups is 1. The van der Waals surface area contributed by atoms with Crippen LogP contribution in [0.3, 0.4) is 0 Å². The van der Waals surface area contributed by atoms with E-state index in [1.54, 1.807) is 13.0 Å². The number of hydrogen-bond acceptors (Lipinski definition) is 6. The molecule has 0 fully saturated rings. The molecule has 0 spiro atoms. The molecule has 3 rings (SSSR count). The van der Waals surface area contributed by atoms with E-state index in [1.807, 2.05) is 24.3 Å². The summed E-state index contributed by atoms with van der Waals surface area (Å²) < 4.78 is 5.34. The zero-order valence-corrected chi connectivity index (χ0v) is 18.8. The Kier molecular flexibility index (Phi) is 7.17. The quantitative estimate of drug-likeness (QED) is 0.269. The first kappa shape index (κ1) is 22.6. The highest BCUT2D eigenvalue weighted by atomic mass is 32.2. The third-order valence-electron chi connectivity index (χ3n) is 5.05. The number of hydrogen-bond donors (Lipinski definition) is 2. The van der Waals surface area contributed by atoms with Gasteiger partial charge in [0.05, 0.1) is 17.1 Å². The van der Waals surface area contributed by atoms with E-state index in [0.29, 0.717) is 39.5 Å². The Bertz CT molecular complexity index is 1080. The van der Waals surface area contributed by atoms with Crippen molar-refractivity contribution in [2.45, 2.75) is 37.8 Å². The predicted octanol–water partition coefficient (Wildman–Crippen LogP) is 4.73. The number of carbonyl (C=O) groups is 1. The molecule has 0 radical (unpaired) electrons. The number of nitrogens with zero attached hydrogens (tertiary/aromatic N) is 1. The summed E-state index contributed by atoms with van der Waals surface area (Å²) in [4.78, 5) is 33.5. The van der Waals surface area contributed by atoms with E-state index >= 15 is 0 Å². The molecule has 1 aliphatic heterocycles. The van der Waals surface area contributed by atoms with E-state index < -0.39 is 11.9 Å². The van der Waals surface area contributed by atoms with E-state index in [1.165, 1.54) is 23.4 Å². The Balaban J connectivity index is 2.16. The lowest BCUT2D eigenvalue weighted by atomic mass is 9.81. The molecule has 1 aromatic carbocycles. The SMILES string of the molecule is C=CCOC(=O)C1=C(C)Nc2nc(SCC=C)[nH]c(=O)c2C1c1ccc(C(C)C)cc1. The number of fused-ring (bicyclic) bond motifs is 1. The van der Waals surface area contributed by atoms with Crippen LogP contribution in [0.1, 0.15) is 49.3 Å². The van der Waals surface area contributed by atoms with Crippen LogP contribution in [0.15, 0.2) is 70.8 Å². The molecule has 0 amide bonds. The number of rotatable bonds is 8. The molecule has 0 bridgehead atoms. The summed E-state index contributed by atoms with van der Waals surface area (Å²) in [6.45, 7) is 13.4. The number of aromatic amines is 1. The number of anilines is 1. The molecule has 0 saturated carbocycles. The summed E-state index contributed by atoms with van der Waals surface area (Å²) in [5.41, 5.74) is 3.12. The standard InChI is InChI=1S/C24H27N3O3S/c1-6-12-30-23(29)18-15(5)25-21-20(22(28)27-24(26-21)31-13-7-2)19(18)17-10-8-16(9-11-17)14(3)4/h6-11,14,19H,1-2,12-13H2,3-5H3,(H2,25,26,27,28). The van der Waals surface area contributed by atoms with E-state index in [-0.39, 0.29) is 12.2 Å². The smallest absolute Gasteiger partial charge is 0.337 e. The van der Waals surface area contributed by atoms with E-state index in [4.69, 9.17) is 4.74 Å². The lowest BCUT2D eigenvalue weighted by molar-refractivity contribution is -0.138. The highest BCUT2D eigenvalue weighted by Gasteiger charge is 2.36. The molecule has 1 unspecified atom stereocenters. The van der Waals surface area contributed by atoms with Gasteiger partial charge in [-0.1, -0.05) is 68.6 Å². The monoisotopic (exact) mass is 437 g/mol. The van der Waals surface area contributed by atoms with Crippen molar-refractivity contribution in [3.8, 4) is 0 Å². The molecule has 7 heteroatoms. The van der Waals surface area contributed by atoms with Gasteiger partial charge in [-0.25, -0.2) is 9.78 Å². The third kappa shape index (κ3) is 4.82. The molecule has 1 aliphatic rings. The van der Waals surface area contributed by atoms with Crippen LogP contribution in [-0.4, -0.2) is 28.3 Å². The Labute approximate surface area is 186 Å². The molecule has 0 saturated heterocycles. The van der Waals surface area contributed by atoms with Crippen LogP contribution in [0.2, 0.25) is 0 Å². The Morgan fingerprint density at radius 2 is 1.97 bits per heavy atom. The molecule has 2 N–H and O–H groups in total. The highest BCUT2D eigenvalue weighted by Crippen LogP contribution is 2.40. The number of benzene rings is 1. The van der Waals surface area contributed by atoms with Gasteiger partial charge in [0.15, 0.2) is 5.16 Å². The normalized spacial score (nSPS) is 15.3. The van der Waals surface area contributed by atoms with Gasteiger partial charge in [0.2, 0.25) is 0 Å². The summed E-state index contributed by atoms with van der Waals surface area (Å²) in [6.07, 6.45) is 3.26. The maximum Gasteiger partial charge on any atom is 0.337 e. The summed E-state index contributed by atoms with van der Waals surface area (Å²) in [7, 11) is 0. The maximum absolute atomic E-state index is 13.1. The molecule has 2 heterocycles. The van der Waals surface area contributed by atoms with Gasteiger partial charge in [-0.3, -0.25) is 4.79 Å². The minimum absolute atomic E-state index is 0.0905. The zero-order valence-electron chi connectivity index (χ0n) is 18.0. The van der Waals surface area contributed by atoms with Crippen LogP contribution in [-0.2, 0) is 9.53 Å².